The highest BCUT2D eigenvalue weighted by Gasteiger charge is 2.30. The van der Waals surface area contributed by atoms with Gasteiger partial charge in [0.15, 0.2) is 12.1 Å². The maximum absolute atomic E-state index is 13.2. The van der Waals surface area contributed by atoms with Gasteiger partial charge in [0.1, 0.15) is 11.9 Å². The average molecular weight is 281 g/mol. The van der Waals surface area contributed by atoms with Crippen molar-refractivity contribution < 1.29 is 13.6 Å². The van der Waals surface area contributed by atoms with Crippen LogP contribution in [-0.4, -0.2) is 48.1 Å². The third-order valence-corrected chi connectivity index (χ3v) is 4.22. The van der Waals surface area contributed by atoms with Gasteiger partial charge in [0.25, 0.3) is 5.91 Å². The molecule has 6 heteroatoms. The quantitative estimate of drug-likeness (QED) is 0.896. The molecule has 1 N–H and O–H groups in total. The molecule has 2 aliphatic heterocycles. The molecule has 0 spiro atoms. The summed E-state index contributed by atoms with van der Waals surface area (Å²) in [6.45, 7) is 2.82. The van der Waals surface area contributed by atoms with Crippen LogP contribution in [0.1, 0.15) is 47.8 Å². The van der Waals surface area contributed by atoms with E-state index in [4.69, 9.17) is 4.42 Å². The van der Waals surface area contributed by atoms with Crippen molar-refractivity contribution in [2.24, 2.45) is 0 Å². The molecule has 5 nitrogen and oxygen atoms in total. The Hall–Kier alpha value is -1.43. The third kappa shape index (κ3) is 2.70. The van der Waals surface area contributed by atoms with Crippen LogP contribution in [0.5, 0.6) is 0 Å². The molecule has 3 rings (SSSR count). The molecule has 1 aromatic heterocycles. The van der Waals surface area contributed by atoms with Crippen LogP contribution in [0, 0.1) is 0 Å². The van der Waals surface area contributed by atoms with Gasteiger partial charge in [0.05, 0.1) is 0 Å². The SMILES string of the molecule is O=C(c1ncoc1C1CCNCC1)N1CCC(F)CC1. The van der Waals surface area contributed by atoms with Crippen molar-refractivity contribution in [1.82, 2.24) is 15.2 Å². The van der Waals surface area contributed by atoms with Gasteiger partial charge >= 0.3 is 0 Å². The third-order valence-electron chi connectivity index (χ3n) is 4.22. The van der Waals surface area contributed by atoms with Gasteiger partial charge in [-0.3, -0.25) is 4.79 Å². The van der Waals surface area contributed by atoms with E-state index in [0.717, 1.165) is 25.9 Å². The number of carbonyl (C=O) groups excluding carboxylic acids is 1. The Morgan fingerprint density at radius 3 is 2.70 bits per heavy atom. The van der Waals surface area contributed by atoms with E-state index >= 15 is 0 Å². The van der Waals surface area contributed by atoms with Gasteiger partial charge in [-0.05, 0) is 38.8 Å². The maximum Gasteiger partial charge on any atom is 0.276 e. The zero-order valence-electron chi connectivity index (χ0n) is 11.5. The summed E-state index contributed by atoms with van der Waals surface area (Å²) in [4.78, 5) is 18.3. The Bertz CT molecular complexity index is 463. The van der Waals surface area contributed by atoms with Crippen LogP contribution in [0.25, 0.3) is 0 Å². The second-order valence-electron chi connectivity index (χ2n) is 5.56. The summed E-state index contributed by atoms with van der Waals surface area (Å²) in [5.74, 6) is 0.856. The van der Waals surface area contributed by atoms with Crippen LogP contribution in [-0.2, 0) is 0 Å². The summed E-state index contributed by atoms with van der Waals surface area (Å²) in [6, 6.07) is 0. The molecule has 2 aliphatic rings. The number of hydrogen-bond acceptors (Lipinski definition) is 4. The smallest absolute Gasteiger partial charge is 0.276 e. The van der Waals surface area contributed by atoms with Gasteiger partial charge in [-0.1, -0.05) is 0 Å². The number of piperidine rings is 2. The fourth-order valence-electron chi connectivity index (χ4n) is 2.99. The van der Waals surface area contributed by atoms with E-state index in [2.05, 4.69) is 10.3 Å². The molecule has 0 saturated carbocycles. The summed E-state index contributed by atoms with van der Waals surface area (Å²) in [5, 5.41) is 3.29. The van der Waals surface area contributed by atoms with E-state index in [1.165, 1.54) is 6.39 Å². The molecule has 2 fully saturated rings. The monoisotopic (exact) mass is 281 g/mol. The normalized spacial score (nSPS) is 22.1. The van der Waals surface area contributed by atoms with Crippen LogP contribution in [0.4, 0.5) is 4.39 Å². The minimum Gasteiger partial charge on any atom is -0.447 e. The summed E-state index contributed by atoms with van der Waals surface area (Å²) in [5.41, 5.74) is 0.425. The first kappa shape index (κ1) is 13.5. The summed E-state index contributed by atoms with van der Waals surface area (Å²) in [6.07, 6.45) is 3.34. The number of rotatable bonds is 2. The molecule has 0 unspecified atom stereocenters. The Morgan fingerprint density at radius 1 is 1.30 bits per heavy atom. The number of oxazole rings is 1. The number of aromatic nitrogens is 1. The van der Waals surface area contributed by atoms with Gasteiger partial charge in [-0.15, -0.1) is 0 Å². The van der Waals surface area contributed by atoms with Gasteiger partial charge in [-0.2, -0.15) is 0 Å². The number of hydrogen-bond donors (Lipinski definition) is 1. The maximum atomic E-state index is 13.2. The Kier molecular flexibility index (Phi) is 4.00. The standard InChI is InChI=1S/C14H20FN3O2/c15-11-3-7-18(8-4-11)14(19)12-13(20-9-17-12)10-1-5-16-6-2-10/h9-11,16H,1-8H2. The van der Waals surface area contributed by atoms with Crippen LogP contribution < -0.4 is 5.32 Å². The molecule has 1 aromatic rings. The molecule has 3 heterocycles. The number of nitrogens with one attached hydrogen (secondary N) is 1. The van der Waals surface area contributed by atoms with Crippen molar-refractivity contribution in [3.8, 4) is 0 Å². The lowest BCUT2D eigenvalue weighted by atomic mass is 9.94. The second-order valence-corrected chi connectivity index (χ2v) is 5.56. The van der Waals surface area contributed by atoms with Gasteiger partial charge in [0.2, 0.25) is 0 Å². The summed E-state index contributed by atoms with van der Waals surface area (Å²) in [7, 11) is 0. The highest BCUT2D eigenvalue weighted by molar-refractivity contribution is 5.93. The number of carbonyl (C=O) groups is 1. The first-order chi connectivity index (χ1) is 9.75. The summed E-state index contributed by atoms with van der Waals surface area (Å²) < 4.78 is 18.6. The predicted molar refractivity (Wildman–Crippen MR) is 71.4 cm³/mol. The number of nitrogens with zero attached hydrogens (tertiary/aromatic N) is 2. The van der Waals surface area contributed by atoms with Crippen molar-refractivity contribution in [2.75, 3.05) is 26.2 Å². The van der Waals surface area contributed by atoms with Crippen LogP contribution in [0.2, 0.25) is 0 Å². The molecule has 0 bridgehead atoms. The lowest BCUT2D eigenvalue weighted by molar-refractivity contribution is 0.0658. The second kappa shape index (κ2) is 5.91. The van der Waals surface area contributed by atoms with Crippen molar-refractivity contribution >= 4 is 5.91 Å². The highest BCUT2D eigenvalue weighted by atomic mass is 19.1. The molecule has 0 radical (unpaired) electrons. The van der Waals surface area contributed by atoms with Crippen molar-refractivity contribution in [2.45, 2.75) is 37.8 Å². The molecular formula is C14H20FN3O2. The van der Waals surface area contributed by atoms with Gasteiger partial charge < -0.3 is 14.6 Å². The molecule has 20 heavy (non-hydrogen) atoms. The molecule has 0 aliphatic carbocycles. The minimum atomic E-state index is -0.778. The molecule has 110 valence electrons. The number of halogens is 1. The number of amides is 1. The number of alkyl halides is 1. The van der Waals surface area contributed by atoms with Gasteiger partial charge in [0, 0.05) is 19.0 Å². The van der Waals surface area contributed by atoms with E-state index < -0.39 is 6.17 Å². The first-order valence-electron chi connectivity index (χ1n) is 7.33. The van der Waals surface area contributed by atoms with Crippen molar-refractivity contribution in [1.29, 1.82) is 0 Å². The Morgan fingerprint density at radius 2 is 2.00 bits per heavy atom. The molecule has 1 amide bonds. The van der Waals surface area contributed by atoms with E-state index in [1.807, 2.05) is 0 Å². The van der Waals surface area contributed by atoms with E-state index in [9.17, 15) is 9.18 Å². The average Bonchev–Trinajstić information content (AvgIpc) is 2.97. The minimum absolute atomic E-state index is 0.112. The van der Waals surface area contributed by atoms with Crippen LogP contribution in [0.3, 0.4) is 0 Å². The van der Waals surface area contributed by atoms with E-state index in [0.29, 0.717) is 37.4 Å². The fraction of sp³-hybridized carbons (Fsp3) is 0.714. The molecule has 0 aromatic carbocycles. The lowest BCUT2D eigenvalue weighted by Gasteiger charge is -2.28. The van der Waals surface area contributed by atoms with Crippen LogP contribution >= 0.6 is 0 Å². The van der Waals surface area contributed by atoms with E-state index in [1.54, 1.807) is 4.90 Å². The molecule has 0 atom stereocenters. The van der Waals surface area contributed by atoms with Crippen molar-refractivity contribution in [3.05, 3.63) is 17.8 Å². The Balaban J connectivity index is 1.73. The van der Waals surface area contributed by atoms with Crippen LogP contribution in [0.15, 0.2) is 10.8 Å². The zero-order chi connectivity index (χ0) is 13.9. The molecule has 2 saturated heterocycles. The first-order valence-corrected chi connectivity index (χ1v) is 7.33. The topological polar surface area (TPSA) is 58.4 Å². The molecular weight excluding hydrogens is 261 g/mol. The highest BCUT2D eigenvalue weighted by Crippen LogP contribution is 2.28. The van der Waals surface area contributed by atoms with Gasteiger partial charge in [-0.25, -0.2) is 9.37 Å². The van der Waals surface area contributed by atoms with E-state index in [-0.39, 0.29) is 11.8 Å². The fourth-order valence-corrected chi connectivity index (χ4v) is 2.99. The lowest BCUT2D eigenvalue weighted by Crippen LogP contribution is -2.39. The Labute approximate surface area is 117 Å². The number of likely N-dealkylation sites (tertiary alicyclic amines) is 1. The zero-order valence-corrected chi connectivity index (χ0v) is 11.5. The predicted octanol–water partition coefficient (Wildman–Crippen LogP) is 1.72. The summed E-state index contributed by atoms with van der Waals surface area (Å²) >= 11 is 0. The largest absolute Gasteiger partial charge is 0.447 e. The van der Waals surface area contributed by atoms with Crippen molar-refractivity contribution in [3.63, 3.8) is 0 Å².